The van der Waals surface area contributed by atoms with E-state index in [1.807, 2.05) is 35.2 Å². The topological polar surface area (TPSA) is 67.9 Å². The maximum atomic E-state index is 12.7. The molecule has 0 bridgehead atoms. The van der Waals surface area contributed by atoms with Crippen molar-refractivity contribution < 1.29 is 19.1 Å². The zero-order chi connectivity index (χ0) is 24.2. The highest BCUT2D eigenvalue weighted by Crippen LogP contribution is 2.17. The third-order valence-electron chi connectivity index (χ3n) is 5.12. The van der Waals surface area contributed by atoms with Crippen LogP contribution in [0, 0.1) is 0 Å². The van der Waals surface area contributed by atoms with E-state index >= 15 is 0 Å². The minimum atomic E-state index is -0.247. The number of nitrogens with zero attached hydrogens (tertiary/aromatic N) is 1. The number of carbonyl (C=O) groups excluding carboxylic acids is 2. The average Bonchev–Trinajstić information content (AvgIpc) is 2.87. The van der Waals surface area contributed by atoms with Crippen LogP contribution in [0.4, 0.5) is 5.69 Å². The number of anilines is 1. The first-order valence-electron chi connectivity index (χ1n) is 11.7. The molecule has 178 valence electrons. The predicted octanol–water partition coefficient (Wildman–Crippen LogP) is 5.66. The molecule has 0 saturated carbocycles. The molecule has 3 rings (SSSR count). The van der Waals surface area contributed by atoms with E-state index in [1.165, 1.54) is 0 Å². The van der Waals surface area contributed by atoms with Gasteiger partial charge in [-0.05, 0) is 67.4 Å². The summed E-state index contributed by atoms with van der Waals surface area (Å²) in [5.74, 6) is 1.15. The lowest BCUT2D eigenvalue weighted by atomic mass is 10.1. The molecule has 2 amide bonds. The summed E-state index contributed by atoms with van der Waals surface area (Å²) >= 11 is 0. The van der Waals surface area contributed by atoms with Crippen LogP contribution in [0.5, 0.6) is 11.5 Å². The molecule has 3 aromatic carbocycles. The van der Waals surface area contributed by atoms with Gasteiger partial charge in [-0.1, -0.05) is 38.1 Å². The van der Waals surface area contributed by atoms with Crippen molar-refractivity contribution in [2.45, 2.75) is 26.7 Å². The SMILES string of the molecule is CCCN(CCC)C(=O)c1ccc(NC(=O)c2cccc(OCCOc3ccccc3)c2)cc1. The second-order valence-corrected chi connectivity index (χ2v) is 7.86. The number of amides is 2. The van der Waals surface area contributed by atoms with Gasteiger partial charge in [-0.25, -0.2) is 0 Å². The number of hydrogen-bond acceptors (Lipinski definition) is 4. The maximum Gasteiger partial charge on any atom is 0.255 e. The molecule has 0 aliphatic rings. The van der Waals surface area contributed by atoms with Gasteiger partial charge in [0, 0.05) is 29.9 Å². The molecule has 1 N–H and O–H groups in total. The van der Waals surface area contributed by atoms with Crippen molar-refractivity contribution in [2.75, 3.05) is 31.6 Å². The minimum absolute atomic E-state index is 0.0164. The van der Waals surface area contributed by atoms with Crippen LogP contribution in [0.3, 0.4) is 0 Å². The second kappa shape index (κ2) is 13.0. The van der Waals surface area contributed by atoms with Crippen LogP contribution in [0.1, 0.15) is 47.4 Å². The number of nitrogens with one attached hydrogen (secondary N) is 1. The smallest absolute Gasteiger partial charge is 0.255 e. The van der Waals surface area contributed by atoms with Crippen molar-refractivity contribution in [3.63, 3.8) is 0 Å². The van der Waals surface area contributed by atoms with E-state index in [4.69, 9.17) is 9.47 Å². The van der Waals surface area contributed by atoms with Crippen molar-refractivity contribution in [3.05, 3.63) is 90.0 Å². The summed E-state index contributed by atoms with van der Waals surface area (Å²) in [5, 5.41) is 2.88. The Hall–Kier alpha value is -3.80. The Bertz CT molecular complexity index is 1050. The number of benzene rings is 3. The monoisotopic (exact) mass is 460 g/mol. The van der Waals surface area contributed by atoms with Gasteiger partial charge in [0.1, 0.15) is 24.7 Å². The predicted molar refractivity (Wildman–Crippen MR) is 135 cm³/mol. The Kier molecular flexibility index (Phi) is 9.52. The molecule has 6 heteroatoms. The Morgan fingerprint density at radius 3 is 2.00 bits per heavy atom. The number of hydrogen-bond donors (Lipinski definition) is 1. The van der Waals surface area contributed by atoms with Crippen molar-refractivity contribution in [1.29, 1.82) is 0 Å². The second-order valence-electron chi connectivity index (χ2n) is 7.86. The van der Waals surface area contributed by atoms with E-state index in [1.54, 1.807) is 48.5 Å². The van der Waals surface area contributed by atoms with Gasteiger partial charge in [-0.3, -0.25) is 9.59 Å². The highest BCUT2D eigenvalue weighted by Gasteiger charge is 2.14. The number of carbonyl (C=O) groups is 2. The van der Waals surface area contributed by atoms with Gasteiger partial charge in [0.2, 0.25) is 0 Å². The Morgan fingerprint density at radius 2 is 1.35 bits per heavy atom. The first-order valence-corrected chi connectivity index (χ1v) is 11.7. The number of rotatable bonds is 12. The molecule has 34 heavy (non-hydrogen) atoms. The van der Waals surface area contributed by atoms with Crippen molar-refractivity contribution in [3.8, 4) is 11.5 Å². The van der Waals surface area contributed by atoms with E-state index in [0.29, 0.717) is 35.8 Å². The fourth-order valence-corrected chi connectivity index (χ4v) is 3.50. The molecule has 0 fully saturated rings. The lowest BCUT2D eigenvalue weighted by Crippen LogP contribution is -2.32. The Labute approximate surface area is 201 Å². The summed E-state index contributed by atoms with van der Waals surface area (Å²) < 4.78 is 11.3. The van der Waals surface area contributed by atoms with Gasteiger partial charge in [-0.2, -0.15) is 0 Å². The third-order valence-corrected chi connectivity index (χ3v) is 5.12. The van der Waals surface area contributed by atoms with E-state index in [-0.39, 0.29) is 11.8 Å². The molecule has 6 nitrogen and oxygen atoms in total. The molecule has 0 saturated heterocycles. The normalized spacial score (nSPS) is 10.4. The molecule has 3 aromatic rings. The molecule has 0 heterocycles. The van der Waals surface area contributed by atoms with Gasteiger partial charge in [0.05, 0.1) is 0 Å². The molecular formula is C28H32N2O4. The summed E-state index contributed by atoms with van der Waals surface area (Å²) in [6.45, 7) is 6.37. The Balaban J connectivity index is 1.53. The maximum absolute atomic E-state index is 12.7. The van der Waals surface area contributed by atoms with E-state index in [0.717, 1.165) is 31.7 Å². The van der Waals surface area contributed by atoms with Crippen molar-refractivity contribution in [1.82, 2.24) is 4.90 Å². The number of para-hydroxylation sites is 1. The molecule has 0 aliphatic heterocycles. The highest BCUT2D eigenvalue weighted by atomic mass is 16.5. The number of ether oxygens (including phenoxy) is 2. The summed E-state index contributed by atoms with van der Waals surface area (Å²) in [5.41, 5.74) is 1.73. The van der Waals surface area contributed by atoms with Gasteiger partial charge < -0.3 is 19.7 Å². The molecule has 0 atom stereocenters. The van der Waals surface area contributed by atoms with Crippen LogP contribution in [0.25, 0.3) is 0 Å². The van der Waals surface area contributed by atoms with Gasteiger partial charge in [0.15, 0.2) is 0 Å². The molecule has 0 unspecified atom stereocenters. The molecule has 0 spiro atoms. The largest absolute Gasteiger partial charge is 0.490 e. The van der Waals surface area contributed by atoms with Crippen LogP contribution < -0.4 is 14.8 Å². The van der Waals surface area contributed by atoms with E-state index < -0.39 is 0 Å². The Morgan fingerprint density at radius 1 is 0.735 bits per heavy atom. The zero-order valence-corrected chi connectivity index (χ0v) is 19.8. The molecule has 0 aliphatic carbocycles. The van der Waals surface area contributed by atoms with Gasteiger partial charge in [-0.15, -0.1) is 0 Å². The summed E-state index contributed by atoms with van der Waals surface area (Å²) in [7, 11) is 0. The fraction of sp³-hybridized carbons (Fsp3) is 0.286. The molecular weight excluding hydrogens is 428 g/mol. The van der Waals surface area contributed by atoms with Crippen molar-refractivity contribution >= 4 is 17.5 Å². The highest BCUT2D eigenvalue weighted by molar-refractivity contribution is 6.04. The van der Waals surface area contributed by atoms with Crippen LogP contribution in [0.2, 0.25) is 0 Å². The summed E-state index contributed by atoms with van der Waals surface area (Å²) in [6, 6.07) is 23.6. The summed E-state index contributed by atoms with van der Waals surface area (Å²) in [6.07, 6.45) is 1.84. The van der Waals surface area contributed by atoms with Crippen LogP contribution in [0.15, 0.2) is 78.9 Å². The third kappa shape index (κ3) is 7.37. The average molecular weight is 461 g/mol. The molecule has 0 radical (unpaired) electrons. The van der Waals surface area contributed by atoms with Crippen LogP contribution in [-0.4, -0.2) is 43.0 Å². The van der Waals surface area contributed by atoms with Crippen molar-refractivity contribution in [2.24, 2.45) is 0 Å². The van der Waals surface area contributed by atoms with E-state index in [9.17, 15) is 9.59 Å². The first-order chi connectivity index (χ1) is 16.6. The lowest BCUT2D eigenvalue weighted by molar-refractivity contribution is 0.0755. The fourth-order valence-electron chi connectivity index (χ4n) is 3.50. The lowest BCUT2D eigenvalue weighted by Gasteiger charge is -2.21. The van der Waals surface area contributed by atoms with E-state index in [2.05, 4.69) is 19.2 Å². The summed E-state index contributed by atoms with van der Waals surface area (Å²) in [4.78, 5) is 27.3. The van der Waals surface area contributed by atoms with Gasteiger partial charge >= 0.3 is 0 Å². The molecule has 0 aromatic heterocycles. The van der Waals surface area contributed by atoms with Crippen LogP contribution in [-0.2, 0) is 0 Å². The quantitative estimate of drug-likeness (QED) is 0.354. The minimum Gasteiger partial charge on any atom is -0.490 e. The van der Waals surface area contributed by atoms with Gasteiger partial charge in [0.25, 0.3) is 11.8 Å². The standard InChI is InChI=1S/C28H32N2O4/c1-3-17-30(18-4-2)28(32)22-13-15-24(16-14-22)29-27(31)23-9-8-12-26(21-23)34-20-19-33-25-10-6-5-7-11-25/h5-16,21H,3-4,17-20H2,1-2H3,(H,29,31). The first kappa shape index (κ1) is 24.8. The van der Waals surface area contributed by atoms with Crippen LogP contribution >= 0.6 is 0 Å². The zero-order valence-electron chi connectivity index (χ0n) is 19.8.